The van der Waals surface area contributed by atoms with E-state index in [-0.39, 0.29) is 42.9 Å². The number of aliphatic hydroxyl groups is 1. The van der Waals surface area contributed by atoms with E-state index in [1.54, 1.807) is 32.0 Å². The molecule has 14 nitrogen and oxygen atoms in total. The molecule has 1 aromatic heterocycles. The molecule has 2 aromatic rings. The zero-order valence-corrected chi connectivity index (χ0v) is 23.9. The molecular formula is C28H36N6O8. The number of aliphatic hydroxyl groups excluding tert-OH is 1. The van der Waals surface area contributed by atoms with E-state index in [2.05, 4.69) is 26.4 Å². The molecule has 5 N–H and O–H groups in total. The molecule has 5 amide bonds. The Hall–Kier alpha value is -4.46. The minimum absolute atomic E-state index is 0.0571. The van der Waals surface area contributed by atoms with E-state index >= 15 is 0 Å². The van der Waals surface area contributed by atoms with E-state index in [4.69, 9.17) is 9.26 Å². The Labute approximate surface area is 242 Å². The Kier molecular flexibility index (Phi) is 9.45. The van der Waals surface area contributed by atoms with Crippen LogP contribution in [0.5, 0.6) is 5.75 Å². The molecule has 42 heavy (non-hydrogen) atoms. The van der Waals surface area contributed by atoms with Gasteiger partial charge in [0.15, 0.2) is 11.5 Å². The number of aromatic nitrogens is 1. The predicted molar refractivity (Wildman–Crippen MR) is 147 cm³/mol. The Morgan fingerprint density at radius 1 is 1.02 bits per heavy atom. The topological polar surface area (TPSA) is 192 Å². The Balaban J connectivity index is 1.64. The lowest BCUT2D eigenvalue weighted by Crippen LogP contribution is -2.58. The summed E-state index contributed by atoms with van der Waals surface area (Å²) in [6.07, 6.45) is -0.638. The fraction of sp³-hybridized carbons (Fsp3) is 0.500. The number of rotatable bonds is 3. The largest absolute Gasteiger partial charge is 0.493 e. The first-order valence-corrected chi connectivity index (χ1v) is 13.8. The molecule has 0 aliphatic carbocycles. The highest BCUT2D eigenvalue weighted by Gasteiger charge is 2.32. The van der Waals surface area contributed by atoms with Gasteiger partial charge >= 0.3 is 0 Å². The first-order valence-electron chi connectivity index (χ1n) is 13.8. The van der Waals surface area contributed by atoms with E-state index in [9.17, 15) is 29.1 Å². The average molecular weight is 585 g/mol. The number of amides is 5. The van der Waals surface area contributed by atoms with E-state index in [0.717, 1.165) is 11.3 Å². The maximum atomic E-state index is 13.6. The highest BCUT2D eigenvalue weighted by molar-refractivity contribution is 5.98. The van der Waals surface area contributed by atoms with E-state index in [1.165, 1.54) is 24.8 Å². The van der Waals surface area contributed by atoms with Crippen molar-refractivity contribution in [3.63, 3.8) is 0 Å². The van der Waals surface area contributed by atoms with E-state index in [0.29, 0.717) is 18.6 Å². The molecule has 2 aliphatic heterocycles. The first kappa shape index (κ1) is 30.5. The molecule has 4 atom stereocenters. The van der Waals surface area contributed by atoms with Crippen LogP contribution in [0.3, 0.4) is 0 Å². The monoisotopic (exact) mass is 584 g/mol. The van der Waals surface area contributed by atoms with Crippen molar-refractivity contribution in [2.45, 2.75) is 64.9 Å². The Bertz CT molecular complexity index is 1360. The Morgan fingerprint density at radius 3 is 2.50 bits per heavy atom. The minimum Gasteiger partial charge on any atom is -0.493 e. The molecular weight excluding hydrogens is 548 g/mol. The molecule has 226 valence electrons. The van der Waals surface area contributed by atoms with Crippen LogP contribution in [0.2, 0.25) is 0 Å². The summed E-state index contributed by atoms with van der Waals surface area (Å²) in [5.74, 6) is -2.44. The average Bonchev–Trinajstić information content (AvgIpc) is 3.61. The summed E-state index contributed by atoms with van der Waals surface area (Å²) in [6.45, 7) is 6.84. The third-order valence-corrected chi connectivity index (χ3v) is 7.09. The molecule has 0 fully saturated rings. The van der Waals surface area contributed by atoms with Crippen molar-refractivity contribution in [3.05, 3.63) is 46.8 Å². The normalized spacial score (nSPS) is 23.0. The second-order valence-electron chi connectivity index (χ2n) is 10.8. The van der Waals surface area contributed by atoms with Crippen molar-refractivity contribution in [2.75, 3.05) is 19.7 Å². The highest BCUT2D eigenvalue weighted by Crippen LogP contribution is 2.26. The van der Waals surface area contributed by atoms with Gasteiger partial charge in [-0.05, 0) is 43.5 Å². The van der Waals surface area contributed by atoms with Crippen molar-refractivity contribution >= 4 is 29.5 Å². The van der Waals surface area contributed by atoms with Crippen LogP contribution in [-0.2, 0) is 27.3 Å². The number of fused-ring (bicyclic) bond motifs is 3. The van der Waals surface area contributed by atoms with Crippen LogP contribution >= 0.6 is 0 Å². The summed E-state index contributed by atoms with van der Waals surface area (Å²) in [5, 5.41) is 24.2. The number of benzene rings is 1. The number of carbonyl (C=O) groups is 5. The molecule has 4 rings (SSSR count). The summed E-state index contributed by atoms with van der Waals surface area (Å²) in [4.78, 5) is 66.8. The van der Waals surface area contributed by atoms with Crippen molar-refractivity contribution in [1.29, 1.82) is 0 Å². The summed E-state index contributed by atoms with van der Waals surface area (Å²) in [7, 11) is 0. The van der Waals surface area contributed by atoms with Crippen LogP contribution in [0.1, 0.15) is 59.9 Å². The molecule has 2 bridgehead atoms. The lowest BCUT2D eigenvalue weighted by atomic mass is 10.0. The number of nitrogens with zero attached hydrogens (tertiary/aromatic N) is 2. The van der Waals surface area contributed by atoms with Gasteiger partial charge in [-0.2, -0.15) is 0 Å². The number of hydrogen-bond donors (Lipinski definition) is 5. The maximum absolute atomic E-state index is 13.6. The molecule has 0 spiro atoms. The summed E-state index contributed by atoms with van der Waals surface area (Å²) >= 11 is 0. The first-order chi connectivity index (χ1) is 19.9. The van der Waals surface area contributed by atoms with Gasteiger partial charge in [0.2, 0.25) is 17.7 Å². The molecule has 0 radical (unpaired) electrons. The molecule has 0 unspecified atom stereocenters. The molecule has 1 aromatic carbocycles. The molecule has 14 heteroatoms. The van der Waals surface area contributed by atoms with E-state index in [1.807, 2.05) is 0 Å². The number of carbonyl (C=O) groups excluding carboxylic acids is 5. The fourth-order valence-corrected chi connectivity index (χ4v) is 4.66. The zero-order chi connectivity index (χ0) is 30.6. The summed E-state index contributed by atoms with van der Waals surface area (Å²) in [5.41, 5.74) is 1.15. The summed E-state index contributed by atoms with van der Waals surface area (Å²) < 4.78 is 10.9. The SMILES string of the molecule is CC(C)[C@@H]1NC(=O)[C@H](C)NC(=O)[C@H]([C@@H](C)O)NC(=O)c2cc(on2)CN(C(=O)c2ccc3c(c2)CCO3)CCNC1=O. The van der Waals surface area contributed by atoms with Gasteiger partial charge in [0.05, 0.1) is 19.3 Å². The quantitative estimate of drug-likeness (QED) is 0.317. The second-order valence-corrected chi connectivity index (χ2v) is 10.8. The van der Waals surface area contributed by atoms with E-state index < -0.39 is 47.9 Å². The fourth-order valence-electron chi connectivity index (χ4n) is 4.66. The summed E-state index contributed by atoms with van der Waals surface area (Å²) in [6, 6.07) is 3.05. The number of ether oxygens (including phenoxy) is 1. The van der Waals surface area contributed by atoms with Crippen molar-refractivity contribution in [1.82, 2.24) is 31.3 Å². The second kappa shape index (κ2) is 13.0. The lowest BCUT2D eigenvalue weighted by Gasteiger charge is -2.26. The molecule has 0 saturated heterocycles. The van der Waals surface area contributed by atoms with Gasteiger partial charge < -0.3 is 40.5 Å². The van der Waals surface area contributed by atoms with Crippen molar-refractivity contribution in [2.24, 2.45) is 5.92 Å². The van der Waals surface area contributed by atoms with Gasteiger partial charge in [0.1, 0.15) is 23.9 Å². The molecule has 0 saturated carbocycles. The predicted octanol–water partition coefficient (Wildman–Crippen LogP) is -0.494. The number of nitrogens with one attached hydrogen (secondary N) is 4. The highest BCUT2D eigenvalue weighted by atomic mass is 16.5. The van der Waals surface area contributed by atoms with Gasteiger partial charge in [-0.3, -0.25) is 24.0 Å². The standard InChI is InChI=1S/C28H36N6O8/c1-14(2)22-26(38)29-8-9-34(28(40)18-5-6-21-17(11-18)7-10-41-21)13-19-12-20(33-42-19)25(37)32-23(16(4)35)27(39)30-15(3)24(36)31-22/h5-6,11-12,14-16,22-23,35H,7-10,13H2,1-4H3,(H,29,38)(H,30,39)(H,31,36)(H,32,37)/t15-,16+,22-,23-/m0/s1. The van der Waals surface area contributed by atoms with Crippen molar-refractivity contribution in [3.8, 4) is 5.75 Å². The van der Waals surface area contributed by atoms with Crippen LogP contribution in [0.25, 0.3) is 0 Å². The van der Waals surface area contributed by atoms with Gasteiger partial charge in [0, 0.05) is 31.1 Å². The van der Waals surface area contributed by atoms with Gasteiger partial charge in [0.25, 0.3) is 11.8 Å². The molecule has 2 aliphatic rings. The zero-order valence-electron chi connectivity index (χ0n) is 23.9. The number of hydrogen-bond acceptors (Lipinski definition) is 9. The third-order valence-electron chi connectivity index (χ3n) is 7.09. The Morgan fingerprint density at radius 2 is 1.79 bits per heavy atom. The smallest absolute Gasteiger partial charge is 0.274 e. The van der Waals surface area contributed by atoms with Gasteiger partial charge in [-0.15, -0.1) is 0 Å². The van der Waals surface area contributed by atoms with Gasteiger partial charge in [-0.1, -0.05) is 19.0 Å². The minimum atomic E-state index is -1.42. The van der Waals surface area contributed by atoms with Crippen LogP contribution in [0.15, 0.2) is 28.8 Å². The van der Waals surface area contributed by atoms with Crippen LogP contribution < -0.4 is 26.0 Å². The van der Waals surface area contributed by atoms with Crippen LogP contribution in [-0.4, -0.2) is 88.6 Å². The van der Waals surface area contributed by atoms with Crippen LogP contribution in [0.4, 0.5) is 0 Å². The maximum Gasteiger partial charge on any atom is 0.274 e. The van der Waals surface area contributed by atoms with Gasteiger partial charge in [-0.25, -0.2) is 0 Å². The molecule has 3 heterocycles. The third kappa shape index (κ3) is 7.05. The van der Waals surface area contributed by atoms with Crippen molar-refractivity contribution < 1.29 is 38.3 Å². The van der Waals surface area contributed by atoms with Crippen LogP contribution in [0, 0.1) is 5.92 Å². The lowest BCUT2D eigenvalue weighted by molar-refractivity contribution is -0.133.